The zero-order chi connectivity index (χ0) is 15.4. The molecular weight excluding hydrogens is 288 g/mol. The van der Waals surface area contributed by atoms with Gasteiger partial charge in [-0.05, 0) is 31.7 Å². The second-order valence-electron chi connectivity index (χ2n) is 4.77. The molecule has 2 rings (SSSR count). The van der Waals surface area contributed by atoms with Crippen molar-refractivity contribution >= 4 is 11.6 Å². The van der Waals surface area contributed by atoms with Gasteiger partial charge in [0.2, 0.25) is 0 Å². The lowest BCUT2D eigenvalue weighted by Crippen LogP contribution is -2.21. The molecule has 5 heteroatoms. The Morgan fingerprint density at radius 1 is 1.33 bits per heavy atom. The molecule has 0 aliphatic rings. The highest BCUT2D eigenvalue weighted by Crippen LogP contribution is 2.27. The summed E-state index contributed by atoms with van der Waals surface area (Å²) in [6.07, 6.45) is 1.84. The third-order valence-electron chi connectivity index (χ3n) is 3.29. The van der Waals surface area contributed by atoms with Crippen molar-refractivity contribution in [3.05, 3.63) is 57.0 Å². The van der Waals surface area contributed by atoms with Crippen molar-refractivity contribution in [2.75, 3.05) is 13.7 Å². The van der Waals surface area contributed by atoms with Crippen molar-refractivity contribution in [3.8, 4) is 11.4 Å². The Morgan fingerprint density at radius 3 is 2.76 bits per heavy atom. The minimum atomic E-state index is 0.0331. The first-order valence-electron chi connectivity index (χ1n) is 6.83. The van der Waals surface area contributed by atoms with Gasteiger partial charge >= 0.3 is 0 Å². The highest BCUT2D eigenvalue weighted by Gasteiger charge is 2.10. The van der Waals surface area contributed by atoms with Crippen molar-refractivity contribution in [1.82, 2.24) is 9.88 Å². The number of rotatable bonds is 5. The predicted octanol–water partition coefficient (Wildman–Crippen LogP) is 2.92. The Morgan fingerprint density at radius 2 is 2.10 bits per heavy atom. The van der Waals surface area contributed by atoms with E-state index in [1.807, 2.05) is 36.7 Å². The summed E-state index contributed by atoms with van der Waals surface area (Å²) < 4.78 is 7.32. The van der Waals surface area contributed by atoms with Crippen LogP contribution in [-0.2, 0) is 6.54 Å². The fourth-order valence-electron chi connectivity index (χ4n) is 2.18. The van der Waals surface area contributed by atoms with Gasteiger partial charge in [-0.25, -0.2) is 0 Å². The third kappa shape index (κ3) is 3.46. The van der Waals surface area contributed by atoms with Crippen molar-refractivity contribution in [1.29, 1.82) is 0 Å². The fraction of sp³-hybridized carbons (Fsp3) is 0.312. The van der Waals surface area contributed by atoms with Crippen LogP contribution < -0.4 is 15.5 Å². The minimum Gasteiger partial charge on any atom is -0.495 e. The van der Waals surface area contributed by atoms with Crippen molar-refractivity contribution < 1.29 is 4.74 Å². The van der Waals surface area contributed by atoms with Crippen LogP contribution in [0, 0.1) is 6.92 Å². The van der Waals surface area contributed by atoms with Gasteiger partial charge in [-0.2, -0.15) is 0 Å². The Kier molecular flexibility index (Phi) is 5.04. The van der Waals surface area contributed by atoms with Gasteiger partial charge in [0, 0.05) is 35.1 Å². The zero-order valence-electron chi connectivity index (χ0n) is 12.4. The van der Waals surface area contributed by atoms with E-state index in [0.717, 1.165) is 17.9 Å². The van der Waals surface area contributed by atoms with Crippen molar-refractivity contribution in [2.45, 2.75) is 20.4 Å². The van der Waals surface area contributed by atoms with Crippen LogP contribution >= 0.6 is 11.6 Å². The molecule has 0 aliphatic carbocycles. The largest absolute Gasteiger partial charge is 0.495 e. The summed E-state index contributed by atoms with van der Waals surface area (Å²) in [5.41, 5.74) is 2.40. The number of nitrogens with one attached hydrogen (secondary N) is 1. The van der Waals surface area contributed by atoms with Gasteiger partial charge in [-0.3, -0.25) is 4.79 Å². The van der Waals surface area contributed by atoms with E-state index in [4.69, 9.17) is 16.3 Å². The van der Waals surface area contributed by atoms with Crippen LogP contribution in [0.15, 0.2) is 35.3 Å². The van der Waals surface area contributed by atoms with E-state index in [1.54, 1.807) is 19.2 Å². The monoisotopic (exact) mass is 306 g/mol. The summed E-state index contributed by atoms with van der Waals surface area (Å²) in [5, 5.41) is 3.80. The van der Waals surface area contributed by atoms with Crippen molar-refractivity contribution in [2.24, 2.45) is 0 Å². The first-order valence-corrected chi connectivity index (χ1v) is 7.21. The van der Waals surface area contributed by atoms with Gasteiger partial charge < -0.3 is 14.6 Å². The number of benzene rings is 1. The molecule has 1 heterocycles. The number of ether oxygens (including phenoxy) is 1. The number of nitrogens with zero attached hydrogens (tertiary/aromatic N) is 1. The third-order valence-corrected chi connectivity index (χ3v) is 3.52. The molecule has 0 unspecified atom stereocenters. The molecule has 1 aromatic carbocycles. The minimum absolute atomic E-state index is 0.0331. The Labute approximate surface area is 129 Å². The Hall–Kier alpha value is -1.78. The molecule has 0 saturated carbocycles. The number of methoxy groups -OCH3 is 1. The van der Waals surface area contributed by atoms with Crippen LogP contribution in [0.2, 0.25) is 5.02 Å². The van der Waals surface area contributed by atoms with Gasteiger partial charge in [0.1, 0.15) is 5.75 Å². The summed E-state index contributed by atoms with van der Waals surface area (Å²) in [4.78, 5) is 12.0. The van der Waals surface area contributed by atoms with Crippen LogP contribution in [0.5, 0.6) is 5.75 Å². The first kappa shape index (κ1) is 15.6. The summed E-state index contributed by atoms with van der Waals surface area (Å²) in [6, 6.07) is 7.06. The average molecular weight is 307 g/mol. The predicted molar refractivity (Wildman–Crippen MR) is 85.7 cm³/mol. The molecule has 0 saturated heterocycles. The number of aromatic nitrogens is 1. The van der Waals surface area contributed by atoms with E-state index in [1.165, 1.54) is 0 Å². The highest BCUT2D eigenvalue weighted by molar-refractivity contribution is 6.30. The number of hydrogen-bond acceptors (Lipinski definition) is 3. The number of aryl methyl sites for hydroxylation is 1. The van der Waals surface area contributed by atoms with E-state index >= 15 is 0 Å². The number of pyridine rings is 1. The lowest BCUT2D eigenvalue weighted by atomic mass is 10.2. The molecule has 1 aromatic heterocycles. The smallest absolute Gasteiger partial charge is 0.186 e. The second kappa shape index (κ2) is 6.78. The first-order chi connectivity index (χ1) is 10.1. The SMILES string of the molecule is CCNCc1cn(-c2cc(Cl)ccc2OC)c(C)cc1=O. The average Bonchev–Trinajstić information content (AvgIpc) is 2.46. The Balaban J connectivity index is 2.58. The highest BCUT2D eigenvalue weighted by atomic mass is 35.5. The molecular formula is C16H19ClN2O2. The second-order valence-corrected chi connectivity index (χ2v) is 5.21. The van der Waals surface area contributed by atoms with Gasteiger partial charge in [0.05, 0.1) is 12.8 Å². The fourth-order valence-corrected chi connectivity index (χ4v) is 2.34. The quantitative estimate of drug-likeness (QED) is 0.923. The molecule has 0 bridgehead atoms. The molecule has 4 nitrogen and oxygen atoms in total. The Bertz CT molecular complexity index is 695. The van der Waals surface area contributed by atoms with Crippen molar-refractivity contribution in [3.63, 3.8) is 0 Å². The maximum Gasteiger partial charge on any atom is 0.186 e. The van der Waals surface area contributed by atoms with Crippen LogP contribution in [0.1, 0.15) is 18.2 Å². The van der Waals surface area contributed by atoms with Gasteiger partial charge in [-0.15, -0.1) is 0 Å². The van der Waals surface area contributed by atoms with E-state index in [-0.39, 0.29) is 5.43 Å². The summed E-state index contributed by atoms with van der Waals surface area (Å²) in [6.45, 7) is 5.25. The zero-order valence-corrected chi connectivity index (χ0v) is 13.2. The molecule has 0 spiro atoms. The molecule has 0 fully saturated rings. The van der Waals surface area contributed by atoms with Crippen LogP contribution in [0.4, 0.5) is 0 Å². The maximum atomic E-state index is 12.0. The van der Waals surface area contributed by atoms with E-state index in [9.17, 15) is 4.79 Å². The standard InChI is InChI=1S/C16H19ClN2O2/c1-4-18-9-12-10-19(11(2)7-15(12)20)14-8-13(17)5-6-16(14)21-3/h5-8,10,18H,4,9H2,1-3H3. The molecule has 0 radical (unpaired) electrons. The van der Waals surface area contributed by atoms with Gasteiger partial charge in [-0.1, -0.05) is 18.5 Å². The van der Waals surface area contributed by atoms with Crippen LogP contribution in [-0.4, -0.2) is 18.2 Å². The molecule has 112 valence electrons. The molecule has 0 atom stereocenters. The molecule has 21 heavy (non-hydrogen) atoms. The lowest BCUT2D eigenvalue weighted by molar-refractivity contribution is 0.412. The molecule has 0 amide bonds. The van der Waals surface area contributed by atoms with E-state index < -0.39 is 0 Å². The summed E-state index contributed by atoms with van der Waals surface area (Å²) in [5.74, 6) is 0.709. The van der Waals surface area contributed by atoms with Gasteiger partial charge in [0.25, 0.3) is 0 Å². The topological polar surface area (TPSA) is 43.3 Å². The number of hydrogen-bond donors (Lipinski definition) is 1. The maximum absolute atomic E-state index is 12.0. The number of halogens is 1. The summed E-state index contributed by atoms with van der Waals surface area (Å²) in [7, 11) is 1.62. The van der Waals surface area contributed by atoms with Crippen LogP contribution in [0.25, 0.3) is 5.69 Å². The van der Waals surface area contributed by atoms with E-state index in [0.29, 0.717) is 22.9 Å². The summed E-state index contributed by atoms with van der Waals surface area (Å²) >= 11 is 6.09. The molecule has 0 aliphatic heterocycles. The van der Waals surface area contributed by atoms with Crippen LogP contribution in [0.3, 0.4) is 0 Å². The molecule has 1 N–H and O–H groups in total. The van der Waals surface area contributed by atoms with Gasteiger partial charge in [0.15, 0.2) is 5.43 Å². The lowest BCUT2D eigenvalue weighted by Gasteiger charge is -2.16. The van der Waals surface area contributed by atoms with E-state index in [2.05, 4.69) is 5.32 Å². The normalized spacial score (nSPS) is 10.7. The molecule has 2 aromatic rings.